The van der Waals surface area contributed by atoms with Crippen LogP contribution in [0.4, 0.5) is 5.82 Å². The summed E-state index contributed by atoms with van der Waals surface area (Å²) in [5.74, 6) is 2.18. The summed E-state index contributed by atoms with van der Waals surface area (Å²) < 4.78 is 5.00. The van der Waals surface area contributed by atoms with Gasteiger partial charge in [-0.15, -0.1) is 0 Å². The number of aromatic nitrogens is 2. The average Bonchev–Trinajstić information content (AvgIpc) is 2.97. The van der Waals surface area contributed by atoms with Gasteiger partial charge in [0.05, 0.1) is 19.5 Å². The van der Waals surface area contributed by atoms with Crippen LogP contribution in [0.2, 0.25) is 0 Å². The Morgan fingerprint density at radius 3 is 3.07 bits per heavy atom. The molecule has 0 saturated heterocycles. The van der Waals surface area contributed by atoms with Crippen LogP contribution in [0.15, 0.2) is 12.4 Å². The van der Waals surface area contributed by atoms with Gasteiger partial charge in [-0.1, -0.05) is 13.3 Å². The molecule has 76 valence electrons. The van der Waals surface area contributed by atoms with Crippen molar-refractivity contribution in [3.8, 4) is 5.88 Å². The molecular formula is C10H15N3O. The van der Waals surface area contributed by atoms with Crippen LogP contribution >= 0.6 is 0 Å². The highest BCUT2D eigenvalue weighted by molar-refractivity contribution is 5.36. The van der Waals surface area contributed by atoms with Gasteiger partial charge in [-0.05, 0) is 12.3 Å². The molecule has 0 spiro atoms. The van der Waals surface area contributed by atoms with E-state index in [2.05, 4.69) is 22.2 Å². The van der Waals surface area contributed by atoms with E-state index in [1.165, 1.54) is 12.8 Å². The zero-order valence-electron chi connectivity index (χ0n) is 8.53. The Hall–Kier alpha value is -1.32. The third kappa shape index (κ3) is 1.95. The Kier molecular flexibility index (Phi) is 2.52. The van der Waals surface area contributed by atoms with Gasteiger partial charge in [0, 0.05) is 6.04 Å². The molecule has 1 aliphatic carbocycles. The number of hydrogen-bond acceptors (Lipinski definition) is 4. The van der Waals surface area contributed by atoms with Gasteiger partial charge in [-0.2, -0.15) is 4.98 Å². The molecule has 0 aromatic carbocycles. The fraction of sp³-hybridized carbons (Fsp3) is 0.600. The molecule has 1 N–H and O–H groups in total. The van der Waals surface area contributed by atoms with Crippen molar-refractivity contribution in [1.29, 1.82) is 0 Å². The maximum Gasteiger partial charge on any atom is 0.233 e. The van der Waals surface area contributed by atoms with Crippen molar-refractivity contribution in [1.82, 2.24) is 9.97 Å². The summed E-state index contributed by atoms with van der Waals surface area (Å²) in [4.78, 5) is 8.28. The predicted octanol–water partition coefficient (Wildman–Crippen LogP) is 1.70. The zero-order valence-corrected chi connectivity index (χ0v) is 8.53. The quantitative estimate of drug-likeness (QED) is 0.790. The van der Waals surface area contributed by atoms with E-state index in [0.717, 1.165) is 11.7 Å². The Labute approximate surface area is 83.7 Å². The second kappa shape index (κ2) is 3.82. The van der Waals surface area contributed by atoms with Crippen molar-refractivity contribution in [3.63, 3.8) is 0 Å². The second-order valence-electron chi connectivity index (χ2n) is 3.60. The van der Waals surface area contributed by atoms with E-state index >= 15 is 0 Å². The molecule has 4 heteroatoms. The van der Waals surface area contributed by atoms with Crippen LogP contribution in [0.25, 0.3) is 0 Å². The molecule has 1 fully saturated rings. The van der Waals surface area contributed by atoms with Crippen molar-refractivity contribution in [2.45, 2.75) is 25.8 Å². The van der Waals surface area contributed by atoms with Gasteiger partial charge in [-0.3, -0.25) is 4.98 Å². The summed E-state index contributed by atoms with van der Waals surface area (Å²) in [5.41, 5.74) is 0. The minimum absolute atomic E-state index is 0.559. The highest BCUT2D eigenvalue weighted by Gasteiger charge is 2.35. The molecule has 0 aliphatic heterocycles. The van der Waals surface area contributed by atoms with E-state index in [1.54, 1.807) is 19.5 Å². The third-order valence-electron chi connectivity index (χ3n) is 2.60. The van der Waals surface area contributed by atoms with Crippen molar-refractivity contribution in [2.24, 2.45) is 5.92 Å². The molecule has 4 nitrogen and oxygen atoms in total. The van der Waals surface area contributed by atoms with Crippen molar-refractivity contribution >= 4 is 5.82 Å². The molecular weight excluding hydrogens is 178 g/mol. The number of nitrogens with zero attached hydrogens (tertiary/aromatic N) is 2. The lowest BCUT2D eigenvalue weighted by Gasteiger charge is -2.04. The van der Waals surface area contributed by atoms with Gasteiger partial charge in [0.25, 0.3) is 0 Å². The Morgan fingerprint density at radius 1 is 1.57 bits per heavy atom. The fourth-order valence-corrected chi connectivity index (χ4v) is 1.58. The van der Waals surface area contributed by atoms with Gasteiger partial charge < -0.3 is 10.1 Å². The maximum absolute atomic E-state index is 5.00. The summed E-state index contributed by atoms with van der Waals surface area (Å²) in [6, 6.07) is 0.585. The lowest BCUT2D eigenvalue weighted by Crippen LogP contribution is -2.06. The summed E-state index contributed by atoms with van der Waals surface area (Å²) in [6.07, 6.45) is 5.81. The fourth-order valence-electron chi connectivity index (χ4n) is 1.58. The molecule has 2 rings (SSSR count). The van der Waals surface area contributed by atoms with E-state index in [1.807, 2.05) is 0 Å². The molecule has 0 amide bonds. The first-order valence-electron chi connectivity index (χ1n) is 4.96. The molecule has 2 atom stereocenters. The number of methoxy groups -OCH3 is 1. The molecule has 1 saturated carbocycles. The Morgan fingerprint density at radius 2 is 2.43 bits per heavy atom. The maximum atomic E-state index is 5.00. The zero-order chi connectivity index (χ0) is 9.97. The first-order chi connectivity index (χ1) is 6.83. The number of nitrogens with one attached hydrogen (secondary N) is 1. The average molecular weight is 193 g/mol. The van der Waals surface area contributed by atoms with Gasteiger partial charge >= 0.3 is 0 Å². The Balaban J connectivity index is 1.96. The first kappa shape index (κ1) is 9.24. The lowest BCUT2D eigenvalue weighted by molar-refractivity contribution is 0.396. The van der Waals surface area contributed by atoms with Gasteiger partial charge in [0.1, 0.15) is 5.82 Å². The smallest absolute Gasteiger partial charge is 0.233 e. The molecule has 1 aromatic heterocycles. The molecule has 2 unspecified atom stereocenters. The number of anilines is 1. The normalized spacial score (nSPS) is 24.4. The SMILES string of the molecule is CCC1CC1Nc1cncc(OC)n1. The van der Waals surface area contributed by atoms with Gasteiger partial charge in [-0.25, -0.2) is 0 Å². The summed E-state index contributed by atoms with van der Waals surface area (Å²) in [6.45, 7) is 2.21. The van der Waals surface area contributed by atoms with Crippen molar-refractivity contribution in [3.05, 3.63) is 12.4 Å². The summed E-state index contributed by atoms with van der Waals surface area (Å²) in [5, 5.41) is 3.34. The minimum Gasteiger partial charge on any atom is -0.480 e. The molecule has 0 radical (unpaired) electrons. The largest absolute Gasteiger partial charge is 0.480 e. The van der Waals surface area contributed by atoms with Crippen LogP contribution in [0.1, 0.15) is 19.8 Å². The van der Waals surface area contributed by atoms with Crippen molar-refractivity contribution in [2.75, 3.05) is 12.4 Å². The van der Waals surface area contributed by atoms with E-state index in [4.69, 9.17) is 4.74 Å². The molecule has 1 heterocycles. The lowest BCUT2D eigenvalue weighted by atomic mass is 10.3. The van der Waals surface area contributed by atoms with Crippen LogP contribution in [0.5, 0.6) is 5.88 Å². The highest BCUT2D eigenvalue weighted by atomic mass is 16.5. The van der Waals surface area contributed by atoms with Crippen LogP contribution < -0.4 is 10.1 Å². The summed E-state index contributed by atoms with van der Waals surface area (Å²) >= 11 is 0. The summed E-state index contributed by atoms with van der Waals surface area (Å²) in [7, 11) is 1.60. The van der Waals surface area contributed by atoms with Crippen LogP contribution in [0.3, 0.4) is 0 Å². The number of hydrogen-bond donors (Lipinski definition) is 1. The number of ether oxygens (including phenoxy) is 1. The standard InChI is InChI=1S/C10H15N3O/c1-3-7-4-8(7)12-9-5-11-6-10(13-9)14-2/h5-8H,3-4H2,1-2H3,(H,12,13). The van der Waals surface area contributed by atoms with E-state index in [9.17, 15) is 0 Å². The van der Waals surface area contributed by atoms with E-state index in [0.29, 0.717) is 11.9 Å². The Bertz CT molecular complexity index is 316. The monoisotopic (exact) mass is 193 g/mol. The van der Waals surface area contributed by atoms with Gasteiger partial charge in [0.2, 0.25) is 5.88 Å². The van der Waals surface area contributed by atoms with Crippen LogP contribution in [-0.4, -0.2) is 23.1 Å². The number of rotatable bonds is 4. The molecule has 0 bridgehead atoms. The molecule has 14 heavy (non-hydrogen) atoms. The highest BCUT2D eigenvalue weighted by Crippen LogP contribution is 2.35. The third-order valence-corrected chi connectivity index (χ3v) is 2.60. The van der Waals surface area contributed by atoms with E-state index in [-0.39, 0.29) is 0 Å². The molecule has 1 aliphatic rings. The topological polar surface area (TPSA) is 47.0 Å². The minimum atomic E-state index is 0.559. The predicted molar refractivity (Wildman–Crippen MR) is 54.4 cm³/mol. The van der Waals surface area contributed by atoms with Crippen LogP contribution in [0, 0.1) is 5.92 Å². The van der Waals surface area contributed by atoms with E-state index < -0.39 is 0 Å². The van der Waals surface area contributed by atoms with Crippen LogP contribution in [-0.2, 0) is 0 Å². The van der Waals surface area contributed by atoms with Gasteiger partial charge in [0.15, 0.2) is 0 Å². The second-order valence-corrected chi connectivity index (χ2v) is 3.60. The molecule has 1 aromatic rings. The first-order valence-corrected chi connectivity index (χ1v) is 4.96. The van der Waals surface area contributed by atoms with Crippen molar-refractivity contribution < 1.29 is 4.74 Å².